The summed E-state index contributed by atoms with van der Waals surface area (Å²) in [5, 5.41) is 2.96. The Morgan fingerprint density at radius 2 is 2.10 bits per heavy atom. The molecular weight excluding hydrogens is 264 g/mol. The van der Waals surface area contributed by atoms with Crippen molar-refractivity contribution in [3.63, 3.8) is 0 Å². The van der Waals surface area contributed by atoms with Crippen LogP contribution in [0.1, 0.15) is 49.2 Å². The molecule has 21 heavy (non-hydrogen) atoms. The van der Waals surface area contributed by atoms with Gasteiger partial charge in [0.25, 0.3) is 5.91 Å². The molecule has 2 rings (SSSR count). The first-order valence-electron chi connectivity index (χ1n) is 7.75. The van der Waals surface area contributed by atoms with Crippen molar-refractivity contribution in [3.05, 3.63) is 23.5 Å². The first kappa shape index (κ1) is 15.8. The fraction of sp³-hybridized carbons (Fsp3) is 0.625. The number of piperidine rings is 1. The van der Waals surface area contributed by atoms with Crippen molar-refractivity contribution >= 4 is 11.6 Å². The van der Waals surface area contributed by atoms with Crippen LogP contribution < -0.4 is 11.1 Å². The second kappa shape index (κ2) is 6.89. The van der Waals surface area contributed by atoms with Crippen LogP contribution in [0.25, 0.3) is 0 Å². The van der Waals surface area contributed by atoms with E-state index >= 15 is 0 Å². The monoisotopic (exact) mass is 290 g/mol. The summed E-state index contributed by atoms with van der Waals surface area (Å²) < 4.78 is 0. The lowest BCUT2D eigenvalue weighted by Crippen LogP contribution is -2.47. The molecule has 1 aliphatic rings. The van der Waals surface area contributed by atoms with Gasteiger partial charge < -0.3 is 11.1 Å². The van der Waals surface area contributed by atoms with Crippen molar-refractivity contribution in [3.8, 4) is 0 Å². The minimum atomic E-state index is -0.105. The highest BCUT2D eigenvalue weighted by molar-refractivity contribution is 5.94. The number of nitrogen functional groups attached to an aromatic ring is 1. The van der Waals surface area contributed by atoms with Crippen molar-refractivity contribution in [2.45, 2.75) is 52.1 Å². The van der Waals surface area contributed by atoms with Gasteiger partial charge in [0.15, 0.2) is 0 Å². The van der Waals surface area contributed by atoms with Crippen LogP contribution in [0.15, 0.2) is 12.3 Å². The summed E-state index contributed by atoms with van der Waals surface area (Å²) in [4.78, 5) is 18.7. The molecule has 1 aliphatic heterocycles. The Morgan fingerprint density at radius 1 is 1.43 bits per heavy atom. The number of nitrogens with two attached hydrogens (primary N) is 1. The van der Waals surface area contributed by atoms with Gasteiger partial charge in [0.2, 0.25) is 0 Å². The molecule has 0 aliphatic carbocycles. The lowest BCUT2D eigenvalue weighted by Gasteiger charge is -2.39. The Kier molecular flexibility index (Phi) is 5.17. The molecule has 2 heterocycles. The second-order valence-corrected chi connectivity index (χ2v) is 6.02. The van der Waals surface area contributed by atoms with E-state index in [1.54, 1.807) is 12.3 Å². The number of nitrogens with one attached hydrogen (secondary N) is 1. The second-order valence-electron chi connectivity index (χ2n) is 6.02. The van der Waals surface area contributed by atoms with Crippen LogP contribution in [-0.4, -0.2) is 41.0 Å². The third-order valence-electron chi connectivity index (χ3n) is 4.42. The van der Waals surface area contributed by atoms with Gasteiger partial charge >= 0.3 is 0 Å². The Morgan fingerprint density at radius 3 is 2.71 bits per heavy atom. The normalized spacial score (nSPS) is 23.0. The third-order valence-corrected chi connectivity index (χ3v) is 4.42. The summed E-state index contributed by atoms with van der Waals surface area (Å²) in [6.07, 6.45) is 5.38. The summed E-state index contributed by atoms with van der Waals surface area (Å²) in [6.45, 7) is 7.91. The van der Waals surface area contributed by atoms with Gasteiger partial charge in [0.1, 0.15) is 0 Å². The zero-order valence-corrected chi connectivity index (χ0v) is 13.2. The fourth-order valence-corrected chi connectivity index (χ4v) is 2.99. The van der Waals surface area contributed by atoms with Crippen molar-refractivity contribution in [1.29, 1.82) is 0 Å². The van der Waals surface area contributed by atoms with E-state index in [-0.39, 0.29) is 5.91 Å². The quantitative estimate of drug-likeness (QED) is 0.889. The molecule has 3 N–H and O–H groups in total. The van der Waals surface area contributed by atoms with Gasteiger partial charge in [-0.25, -0.2) is 0 Å². The smallest absolute Gasteiger partial charge is 0.252 e. The largest absolute Gasteiger partial charge is 0.397 e. The van der Waals surface area contributed by atoms with Crippen LogP contribution in [0.2, 0.25) is 0 Å². The molecule has 0 aromatic carbocycles. The summed E-state index contributed by atoms with van der Waals surface area (Å²) in [6, 6.07) is 2.88. The minimum absolute atomic E-state index is 0.105. The number of aryl methyl sites for hydroxylation is 1. The van der Waals surface area contributed by atoms with Gasteiger partial charge in [-0.2, -0.15) is 0 Å². The number of pyridine rings is 1. The highest BCUT2D eigenvalue weighted by atomic mass is 16.1. The molecule has 116 valence electrons. The minimum Gasteiger partial charge on any atom is -0.397 e. The molecule has 1 saturated heterocycles. The van der Waals surface area contributed by atoms with Crippen molar-refractivity contribution in [2.24, 2.45) is 0 Å². The Hall–Kier alpha value is -1.62. The van der Waals surface area contributed by atoms with E-state index in [9.17, 15) is 4.79 Å². The maximum absolute atomic E-state index is 12.1. The highest BCUT2D eigenvalue weighted by Gasteiger charge is 2.24. The average molecular weight is 290 g/mol. The molecule has 2 atom stereocenters. The average Bonchev–Trinajstić information content (AvgIpc) is 2.45. The molecule has 0 bridgehead atoms. The van der Waals surface area contributed by atoms with Gasteiger partial charge in [-0.3, -0.25) is 14.7 Å². The van der Waals surface area contributed by atoms with Crippen LogP contribution in [0.5, 0.6) is 0 Å². The van der Waals surface area contributed by atoms with E-state index in [2.05, 4.69) is 29.0 Å². The number of carbonyl (C=O) groups excluding carboxylic acids is 1. The van der Waals surface area contributed by atoms with E-state index in [4.69, 9.17) is 5.73 Å². The lowest BCUT2D eigenvalue weighted by atomic mass is 9.98. The van der Waals surface area contributed by atoms with Crippen LogP contribution in [0, 0.1) is 6.92 Å². The summed E-state index contributed by atoms with van der Waals surface area (Å²) >= 11 is 0. The fourth-order valence-electron chi connectivity index (χ4n) is 2.99. The number of aromatic nitrogens is 1. The molecule has 0 spiro atoms. The maximum atomic E-state index is 12.1. The van der Waals surface area contributed by atoms with Crippen LogP contribution >= 0.6 is 0 Å². The molecule has 5 nitrogen and oxygen atoms in total. The predicted molar refractivity (Wildman–Crippen MR) is 85.2 cm³/mol. The van der Waals surface area contributed by atoms with E-state index < -0.39 is 0 Å². The number of likely N-dealkylation sites (tertiary alicyclic amines) is 1. The maximum Gasteiger partial charge on any atom is 0.252 e. The number of hydrogen-bond acceptors (Lipinski definition) is 4. The van der Waals surface area contributed by atoms with Gasteiger partial charge in [0.05, 0.1) is 16.9 Å². The number of carbonyl (C=O) groups is 1. The summed E-state index contributed by atoms with van der Waals surface area (Å²) in [5.41, 5.74) is 7.62. The van der Waals surface area contributed by atoms with Gasteiger partial charge in [0, 0.05) is 31.4 Å². The Balaban J connectivity index is 1.85. The van der Waals surface area contributed by atoms with Crippen LogP contribution in [0.3, 0.4) is 0 Å². The first-order valence-corrected chi connectivity index (χ1v) is 7.75. The van der Waals surface area contributed by atoms with Gasteiger partial charge in [-0.1, -0.05) is 6.42 Å². The SMILES string of the molecule is Cc1ncc(C(=O)NCCN2C(C)CCCC2C)cc1N. The zero-order chi connectivity index (χ0) is 15.4. The molecule has 5 heteroatoms. The molecular formula is C16H26N4O. The standard InChI is InChI=1S/C16H26N4O/c1-11-5-4-6-12(2)20(11)8-7-18-16(21)14-9-15(17)13(3)19-10-14/h9-12H,4-8,17H2,1-3H3,(H,18,21). The Labute approximate surface area is 126 Å². The molecule has 1 fully saturated rings. The van der Waals surface area contributed by atoms with E-state index in [1.807, 2.05) is 6.92 Å². The first-order chi connectivity index (χ1) is 9.99. The summed E-state index contributed by atoms with van der Waals surface area (Å²) in [5.74, 6) is -0.105. The molecule has 2 unspecified atom stereocenters. The molecule has 1 aromatic rings. The zero-order valence-electron chi connectivity index (χ0n) is 13.2. The molecule has 0 radical (unpaired) electrons. The van der Waals surface area contributed by atoms with E-state index in [1.165, 1.54) is 19.3 Å². The van der Waals surface area contributed by atoms with Crippen molar-refractivity contribution in [2.75, 3.05) is 18.8 Å². The number of nitrogens with zero attached hydrogens (tertiary/aromatic N) is 2. The summed E-state index contributed by atoms with van der Waals surface area (Å²) in [7, 11) is 0. The predicted octanol–water partition coefficient (Wildman–Crippen LogP) is 1.96. The third kappa shape index (κ3) is 3.94. The topological polar surface area (TPSA) is 71.2 Å². The molecule has 1 amide bonds. The van der Waals surface area contributed by atoms with Crippen molar-refractivity contribution in [1.82, 2.24) is 15.2 Å². The van der Waals surface area contributed by atoms with Gasteiger partial charge in [-0.15, -0.1) is 0 Å². The van der Waals surface area contributed by atoms with E-state index in [0.717, 1.165) is 12.2 Å². The number of amides is 1. The van der Waals surface area contributed by atoms with Crippen molar-refractivity contribution < 1.29 is 4.79 Å². The molecule has 1 aromatic heterocycles. The lowest BCUT2D eigenvalue weighted by molar-refractivity contribution is 0.0889. The number of anilines is 1. The number of rotatable bonds is 4. The molecule has 0 saturated carbocycles. The van der Waals surface area contributed by atoms with E-state index in [0.29, 0.717) is 29.9 Å². The van der Waals surface area contributed by atoms with Crippen LogP contribution in [0.4, 0.5) is 5.69 Å². The highest BCUT2D eigenvalue weighted by Crippen LogP contribution is 2.21. The number of hydrogen-bond donors (Lipinski definition) is 2. The Bertz CT molecular complexity index is 493. The van der Waals surface area contributed by atoms with Gasteiger partial charge in [-0.05, 0) is 39.7 Å². The van der Waals surface area contributed by atoms with Crippen LogP contribution in [-0.2, 0) is 0 Å².